The molecule has 0 radical (unpaired) electrons. The minimum Gasteiger partial charge on any atom is -0.348 e. The highest BCUT2D eigenvalue weighted by atomic mass is 35.5. The summed E-state index contributed by atoms with van der Waals surface area (Å²) in [5, 5.41) is 4.70. The molecule has 0 saturated heterocycles. The molecule has 4 nitrogen and oxygen atoms in total. The number of hydrogen-bond acceptors (Lipinski definition) is 2. The topological polar surface area (TPSA) is 33.1 Å². The molecule has 0 saturated carbocycles. The van der Waals surface area contributed by atoms with E-state index < -0.39 is 0 Å². The molecule has 0 bridgehead atoms. The first-order valence-electron chi connectivity index (χ1n) is 8.10. The Morgan fingerprint density at radius 3 is 2.76 bits per heavy atom. The molecule has 2 aromatic heterocycles. The maximum absolute atomic E-state index is 6.08. The van der Waals surface area contributed by atoms with Crippen LogP contribution in [0.25, 0.3) is 0 Å². The fourth-order valence-corrected chi connectivity index (χ4v) is 3.76. The standard InChI is InChI=1S/C19H17ClN4S/c20-15-3-1-4-16(13-15)22-19(25)24-12-11-23-10-2-5-17(23)18(24)14-6-8-21-9-7-14/h1-10,13,18H,11-12H2,(H,22,25)/t18-/m1/s1. The highest BCUT2D eigenvalue weighted by Crippen LogP contribution is 2.32. The molecule has 1 aliphatic heterocycles. The van der Waals surface area contributed by atoms with E-state index in [9.17, 15) is 0 Å². The van der Waals surface area contributed by atoms with Crippen LogP contribution in [0.3, 0.4) is 0 Å². The van der Waals surface area contributed by atoms with Gasteiger partial charge in [0.05, 0.1) is 6.04 Å². The van der Waals surface area contributed by atoms with E-state index in [-0.39, 0.29) is 6.04 Å². The van der Waals surface area contributed by atoms with Crippen molar-refractivity contribution >= 4 is 34.6 Å². The number of rotatable bonds is 2. The Balaban J connectivity index is 1.66. The van der Waals surface area contributed by atoms with Crippen molar-refractivity contribution in [3.8, 4) is 0 Å². The SMILES string of the molecule is S=C(Nc1cccc(Cl)c1)N1CCn2cccc2[C@H]1c1ccncc1. The maximum Gasteiger partial charge on any atom is 0.174 e. The number of benzene rings is 1. The Labute approximate surface area is 157 Å². The average molecular weight is 369 g/mol. The highest BCUT2D eigenvalue weighted by Gasteiger charge is 2.30. The molecule has 4 rings (SSSR count). The monoisotopic (exact) mass is 368 g/mol. The summed E-state index contributed by atoms with van der Waals surface area (Å²) < 4.78 is 2.28. The lowest BCUT2D eigenvalue weighted by Gasteiger charge is -2.39. The summed E-state index contributed by atoms with van der Waals surface area (Å²) in [6.45, 7) is 1.74. The number of anilines is 1. The van der Waals surface area contributed by atoms with Gasteiger partial charge in [-0.15, -0.1) is 0 Å². The molecule has 3 aromatic rings. The molecule has 0 fully saturated rings. The van der Waals surface area contributed by atoms with Crippen LogP contribution < -0.4 is 5.32 Å². The van der Waals surface area contributed by atoms with Crippen LogP contribution in [0.15, 0.2) is 67.1 Å². The number of thiocarbonyl (C=S) groups is 1. The number of fused-ring (bicyclic) bond motifs is 1. The first kappa shape index (κ1) is 16.1. The number of hydrogen-bond donors (Lipinski definition) is 1. The van der Waals surface area contributed by atoms with Crippen LogP contribution in [-0.4, -0.2) is 26.1 Å². The van der Waals surface area contributed by atoms with Crippen LogP contribution in [0.4, 0.5) is 5.69 Å². The zero-order valence-corrected chi connectivity index (χ0v) is 15.0. The van der Waals surface area contributed by atoms with Gasteiger partial charge in [0.2, 0.25) is 0 Å². The molecule has 6 heteroatoms. The van der Waals surface area contributed by atoms with E-state index in [1.165, 1.54) is 11.3 Å². The van der Waals surface area contributed by atoms with Gasteiger partial charge in [-0.1, -0.05) is 17.7 Å². The summed E-state index contributed by atoms with van der Waals surface area (Å²) in [4.78, 5) is 6.37. The minimum atomic E-state index is 0.0611. The molecule has 0 amide bonds. The van der Waals surface area contributed by atoms with Crippen LogP contribution in [0.5, 0.6) is 0 Å². The first-order valence-corrected chi connectivity index (χ1v) is 8.89. The van der Waals surface area contributed by atoms with Crippen molar-refractivity contribution in [1.29, 1.82) is 0 Å². The average Bonchev–Trinajstić information content (AvgIpc) is 3.10. The van der Waals surface area contributed by atoms with Gasteiger partial charge in [-0.3, -0.25) is 4.98 Å². The molecule has 1 aromatic carbocycles. The number of nitrogens with one attached hydrogen (secondary N) is 1. The summed E-state index contributed by atoms with van der Waals surface area (Å²) >= 11 is 11.8. The van der Waals surface area contributed by atoms with Crippen LogP contribution >= 0.6 is 23.8 Å². The molecule has 126 valence electrons. The van der Waals surface area contributed by atoms with Gasteiger partial charge in [0.1, 0.15) is 0 Å². The van der Waals surface area contributed by atoms with E-state index in [0.29, 0.717) is 10.1 Å². The molecule has 0 unspecified atom stereocenters. The summed E-state index contributed by atoms with van der Waals surface area (Å²) in [6.07, 6.45) is 5.76. The van der Waals surface area contributed by atoms with Gasteiger partial charge >= 0.3 is 0 Å². The van der Waals surface area contributed by atoms with E-state index in [1.54, 1.807) is 0 Å². The predicted octanol–water partition coefficient (Wildman–Crippen LogP) is 4.34. The molecular weight excluding hydrogens is 352 g/mol. The molecule has 0 spiro atoms. The molecule has 1 N–H and O–H groups in total. The maximum atomic E-state index is 6.08. The van der Waals surface area contributed by atoms with Crippen molar-refractivity contribution < 1.29 is 0 Å². The second-order valence-corrected chi connectivity index (χ2v) is 6.77. The van der Waals surface area contributed by atoms with E-state index in [2.05, 4.69) is 38.1 Å². The van der Waals surface area contributed by atoms with Crippen LogP contribution in [-0.2, 0) is 6.54 Å². The van der Waals surface area contributed by atoms with Crippen molar-refractivity contribution in [1.82, 2.24) is 14.5 Å². The quantitative estimate of drug-likeness (QED) is 0.682. The summed E-state index contributed by atoms with van der Waals surface area (Å²) in [5.74, 6) is 0. The van der Waals surface area contributed by atoms with Gasteiger partial charge < -0.3 is 14.8 Å². The molecule has 3 heterocycles. The van der Waals surface area contributed by atoms with Crippen molar-refractivity contribution in [2.24, 2.45) is 0 Å². The van der Waals surface area contributed by atoms with Gasteiger partial charge in [0.25, 0.3) is 0 Å². The van der Waals surface area contributed by atoms with E-state index in [0.717, 1.165) is 18.8 Å². The summed E-state index contributed by atoms with van der Waals surface area (Å²) in [5.41, 5.74) is 3.30. The fraction of sp³-hybridized carbons (Fsp3) is 0.158. The van der Waals surface area contributed by atoms with Gasteiger partial charge in [-0.2, -0.15) is 0 Å². The van der Waals surface area contributed by atoms with Crippen molar-refractivity contribution in [3.05, 3.63) is 83.4 Å². The third-order valence-electron chi connectivity index (χ3n) is 4.40. The summed E-state index contributed by atoms with van der Waals surface area (Å²) in [6, 6.07) is 16.0. The third-order valence-corrected chi connectivity index (χ3v) is 4.97. The van der Waals surface area contributed by atoms with Crippen molar-refractivity contribution in [2.75, 3.05) is 11.9 Å². The lowest BCUT2D eigenvalue weighted by atomic mass is 10.0. The van der Waals surface area contributed by atoms with E-state index in [4.69, 9.17) is 23.8 Å². The van der Waals surface area contributed by atoms with Gasteiger partial charge in [-0.05, 0) is 60.2 Å². The molecule has 25 heavy (non-hydrogen) atoms. The van der Waals surface area contributed by atoms with Crippen LogP contribution in [0, 0.1) is 0 Å². The lowest BCUT2D eigenvalue weighted by molar-refractivity contribution is 0.293. The van der Waals surface area contributed by atoms with Crippen molar-refractivity contribution in [3.63, 3.8) is 0 Å². The summed E-state index contributed by atoms with van der Waals surface area (Å²) in [7, 11) is 0. The van der Waals surface area contributed by atoms with Crippen molar-refractivity contribution in [2.45, 2.75) is 12.6 Å². The van der Waals surface area contributed by atoms with Crippen LogP contribution in [0.1, 0.15) is 17.3 Å². The van der Waals surface area contributed by atoms with E-state index in [1.807, 2.05) is 48.8 Å². The van der Waals surface area contributed by atoms with Gasteiger partial charge in [0.15, 0.2) is 5.11 Å². The molecular formula is C19H17ClN4S. The first-order chi connectivity index (χ1) is 12.2. The Morgan fingerprint density at radius 2 is 1.96 bits per heavy atom. The highest BCUT2D eigenvalue weighted by molar-refractivity contribution is 7.80. The van der Waals surface area contributed by atoms with Gasteiger partial charge in [-0.25, -0.2) is 0 Å². The Hall–Kier alpha value is -2.37. The lowest BCUT2D eigenvalue weighted by Crippen LogP contribution is -2.44. The second kappa shape index (κ2) is 6.86. The fourth-order valence-electron chi connectivity index (χ4n) is 3.26. The second-order valence-electron chi connectivity index (χ2n) is 5.94. The zero-order valence-electron chi connectivity index (χ0n) is 13.5. The zero-order chi connectivity index (χ0) is 17.2. The molecule has 0 aliphatic carbocycles. The molecule has 1 aliphatic rings. The van der Waals surface area contributed by atoms with Gasteiger partial charge in [0, 0.05) is 48.1 Å². The number of aromatic nitrogens is 2. The Kier molecular flexibility index (Phi) is 4.42. The number of nitrogens with zero attached hydrogens (tertiary/aromatic N) is 3. The largest absolute Gasteiger partial charge is 0.348 e. The molecule has 1 atom stereocenters. The third kappa shape index (κ3) is 3.25. The number of pyridine rings is 1. The van der Waals surface area contributed by atoms with E-state index >= 15 is 0 Å². The normalized spacial score (nSPS) is 16.4. The smallest absolute Gasteiger partial charge is 0.174 e. The Bertz CT molecular complexity index is 893. The Morgan fingerprint density at radius 1 is 1.12 bits per heavy atom. The van der Waals surface area contributed by atoms with Crippen LogP contribution in [0.2, 0.25) is 5.02 Å². The number of halogens is 1. The predicted molar refractivity (Wildman–Crippen MR) is 105 cm³/mol. The minimum absolute atomic E-state index is 0.0611.